The molecule has 0 saturated heterocycles. The van der Waals surface area contributed by atoms with Crippen LogP contribution in [0.3, 0.4) is 0 Å². The molecule has 1 aromatic heterocycles. The van der Waals surface area contributed by atoms with Gasteiger partial charge in [0.2, 0.25) is 0 Å². The number of pyridine rings is 1. The summed E-state index contributed by atoms with van der Waals surface area (Å²) < 4.78 is 0. The van der Waals surface area contributed by atoms with E-state index in [1.54, 1.807) is 0 Å². The molecule has 1 heterocycles. The highest BCUT2D eigenvalue weighted by atomic mass is 14.7. The minimum atomic E-state index is 0.106. The van der Waals surface area contributed by atoms with E-state index in [1.807, 2.05) is 6.20 Å². The van der Waals surface area contributed by atoms with Crippen LogP contribution < -0.4 is 0 Å². The molecule has 1 aromatic carbocycles. The predicted molar refractivity (Wildman–Crippen MR) is 87.1 cm³/mol. The zero-order valence-corrected chi connectivity index (χ0v) is 13.5. The second kappa shape index (κ2) is 5.05. The highest BCUT2D eigenvalue weighted by molar-refractivity contribution is 5.63. The largest absolute Gasteiger partial charge is 0.260 e. The number of hydrogen-bond acceptors (Lipinski definition) is 1. The second-order valence-corrected chi connectivity index (χ2v) is 7.51. The fraction of sp³-hybridized carbons (Fsp3) is 0.421. The number of benzene rings is 1. The third-order valence-corrected chi connectivity index (χ3v) is 3.62. The Bertz CT molecular complexity index is 508. The fourth-order valence-corrected chi connectivity index (χ4v) is 2.17. The van der Waals surface area contributed by atoms with Gasteiger partial charge < -0.3 is 0 Å². The molecule has 0 fully saturated rings. The van der Waals surface area contributed by atoms with Crippen LogP contribution in [0.25, 0.3) is 11.1 Å². The molecule has 20 heavy (non-hydrogen) atoms. The lowest BCUT2D eigenvalue weighted by Crippen LogP contribution is -2.13. The molecule has 0 saturated carbocycles. The first-order chi connectivity index (χ1) is 9.18. The van der Waals surface area contributed by atoms with Gasteiger partial charge in [-0.25, -0.2) is 0 Å². The van der Waals surface area contributed by atoms with Crippen molar-refractivity contribution in [2.75, 3.05) is 0 Å². The molecule has 0 amide bonds. The lowest BCUT2D eigenvalue weighted by Gasteiger charge is -2.19. The van der Waals surface area contributed by atoms with Crippen LogP contribution in [0.4, 0.5) is 0 Å². The topological polar surface area (TPSA) is 12.9 Å². The summed E-state index contributed by atoms with van der Waals surface area (Å²) in [4.78, 5) is 4.60. The summed E-state index contributed by atoms with van der Waals surface area (Å²) in [6.07, 6.45) is 1.98. The van der Waals surface area contributed by atoms with E-state index in [2.05, 4.69) is 82.9 Å². The van der Waals surface area contributed by atoms with Crippen LogP contribution in [0.15, 0.2) is 42.6 Å². The van der Waals surface area contributed by atoms with Crippen molar-refractivity contribution in [2.45, 2.75) is 52.4 Å². The normalized spacial score (nSPS) is 12.5. The predicted octanol–water partition coefficient (Wildman–Crippen LogP) is 5.34. The standard InChI is InChI=1S/C19H25N/c1-18(2,3)16-10-7-14(8-11-16)15-9-12-17(20-13-15)19(4,5)6/h7-13H,1-6H3. The first-order valence-corrected chi connectivity index (χ1v) is 7.25. The molecule has 0 N–H and O–H groups in total. The average Bonchev–Trinajstić information content (AvgIpc) is 2.37. The molecule has 0 aliphatic heterocycles. The molecule has 106 valence electrons. The van der Waals surface area contributed by atoms with Crippen molar-refractivity contribution >= 4 is 0 Å². The molecule has 1 nitrogen and oxygen atoms in total. The van der Waals surface area contributed by atoms with Crippen LogP contribution in [0, 0.1) is 0 Å². The van der Waals surface area contributed by atoms with E-state index < -0.39 is 0 Å². The van der Waals surface area contributed by atoms with Gasteiger partial charge >= 0.3 is 0 Å². The minimum Gasteiger partial charge on any atom is -0.260 e. The first-order valence-electron chi connectivity index (χ1n) is 7.25. The van der Waals surface area contributed by atoms with Gasteiger partial charge in [-0.1, -0.05) is 71.9 Å². The third kappa shape index (κ3) is 3.27. The van der Waals surface area contributed by atoms with Crippen molar-refractivity contribution in [2.24, 2.45) is 0 Å². The summed E-state index contributed by atoms with van der Waals surface area (Å²) in [6, 6.07) is 13.1. The van der Waals surface area contributed by atoms with Crippen molar-refractivity contribution in [1.29, 1.82) is 0 Å². The van der Waals surface area contributed by atoms with Gasteiger partial charge in [0.1, 0.15) is 0 Å². The van der Waals surface area contributed by atoms with Gasteiger partial charge in [0.15, 0.2) is 0 Å². The molecule has 0 bridgehead atoms. The summed E-state index contributed by atoms with van der Waals surface area (Å²) in [5, 5.41) is 0. The monoisotopic (exact) mass is 267 g/mol. The Kier molecular flexibility index (Phi) is 3.73. The first kappa shape index (κ1) is 14.8. The van der Waals surface area contributed by atoms with Crippen molar-refractivity contribution in [3.63, 3.8) is 0 Å². The molecule has 0 aliphatic carbocycles. The fourth-order valence-electron chi connectivity index (χ4n) is 2.17. The maximum atomic E-state index is 4.60. The Morgan fingerprint density at radius 2 is 1.20 bits per heavy atom. The summed E-state index contributed by atoms with van der Waals surface area (Å²) in [5.41, 5.74) is 5.21. The van der Waals surface area contributed by atoms with E-state index in [1.165, 1.54) is 16.7 Å². The highest BCUT2D eigenvalue weighted by Crippen LogP contribution is 2.27. The minimum absolute atomic E-state index is 0.106. The maximum Gasteiger partial charge on any atom is 0.0457 e. The van der Waals surface area contributed by atoms with Crippen LogP contribution in [-0.2, 0) is 10.8 Å². The molecule has 0 atom stereocenters. The Hall–Kier alpha value is -1.63. The Morgan fingerprint density at radius 3 is 1.60 bits per heavy atom. The van der Waals surface area contributed by atoms with Crippen LogP contribution in [-0.4, -0.2) is 4.98 Å². The van der Waals surface area contributed by atoms with Crippen molar-refractivity contribution < 1.29 is 0 Å². The number of rotatable bonds is 1. The molecule has 0 aliphatic rings. The number of hydrogen-bond donors (Lipinski definition) is 0. The SMILES string of the molecule is CC(C)(C)c1ccc(-c2ccc(C(C)(C)C)nc2)cc1. The quantitative estimate of drug-likeness (QED) is 0.679. The van der Waals surface area contributed by atoms with E-state index in [-0.39, 0.29) is 10.8 Å². The lowest BCUT2D eigenvalue weighted by molar-refractivity contribution is 0.569. The second-order valence-electron chi connectivity index (χ2n) is 7.51. The molecule has 2 rings (SSSR count). The highest BCUT2D eigenvalue weighted by Gasteiger charge is 2.15. The number of nitrogens with zero attached hydrogens (tertiary/aromatic N) is 1. The van der Waals surface area contributed by atoms with Crippen LogP contribution in [0.5, 0.6) is 0 Å². The summed E-state index contributed by atoms with van der Waals surface area (Å²) in [5.74, 6) is 0. The van der Waals surface area contributed by atoms with Gasteiger partial charge in [0.05, 0.1) is 0 Å². The van der Waals surface area contributed by atoms with Gasteiger partial charge in [-0.3, -0.25) is 4.98 Å². The lowest BCUT2D eigenvalue weighted by atomic mass is 9.86. The van der Waals surface area contributed by atoms with Crippen LogP contribution in [0.2, 0.25) is 0 Å². The smallest absolute Gasteiger partial charge is 0.0457 e. The molecule has 0 radical (unpaired) electrons. The van der Waals surface area contributed by atoms with E-state index >= 15 is 0 Å². The van der Waals surface area contributed by atoms with Gasteiger partial charge in [0, 0.05) is 22.9 Å². The molecule has 2 aromatic rings. The molecule has 0 unspecified atom stereocenters. The Morgan fingerprint density at radius 1 is 0.650 bits per heavy atom. The van der Waals surface area contributed by atoms with E-state index in [0.717, 1.165) is 5.69 Å². The van der Waals surface area contributed by atoms with Crippen molar-refractivity contribution in [1.82, 2.24) is 4.98 Å². The van der Waals surface area contributed by atoms with Gasteiger partial charge in [-0.15, -0.1) is 0 Å². The summed E-state index contributed by atoms with van der Waals surface area (Å²) in [7, 11) is 0. The Balaban J connectivity index is 2.29. The van der Waals surface area contributed by atoms with Crippen molar-refractivity contribution in [3.05, 3.63) is 53.9 Å². The average molecular weight is 267 g/mol. The van der Waals surface area contributed by atoms with Gasteiger partial charge in [-0.2, -0.15) is 0 Å². The van der Waals surface area contributed by atoms with E-state index in [4.69, 9.17) is 0 Å². The van der Waals surface area contributed by atoms with E-state index in [0.29, 0.717) is 0 Å². The van der Waals surface area contributed by atoms with Crippen LogP contribution >= 0.6 is 0 Å². The summed E-state index contributed by atoms with van der Waals surface area (Å²) in [6.45, 7) is 13.3. The molecular formula is C19H25N. The third-order valence-electron chi connectivity index (χ3n) is 3.62. The van der Waals surface area contributed by atoms with E-state index in [9.17, 15) is 0 Å². The van der Waals surface area contributed by atoms with Crippen molar-refractivity contribution in [3.8, 4) is 11.1 Å². The van der Waals surface area contributed by atoms with Gasteiger partial charge in [0.25, 0.3) is 0 Å². The Labute approximate surface area is 123 Å². The molecular weight excluding hydrogens is 242 g/mol. The number of aromatic nitrogens is 1. The molecule has 0 spiro atoms. The zero-order chi connectivity index (χ0) is 15.0. The van der Waals surface area contributed by atoms with Crippen LogP contribution in [0.1, 0.15) is 52.8 Å². The zero-order valence-electron chi connectivity index (χ0n) is 13.5. The molecule has 1 heteroatoms. The van der Waals surface area contributed by atoms with Gasteiger partial charge in [-0.05, 0) is 22.6 Å². The summed E-state index contributed by atoms with van der Waals surface area (Å²) >= 11 is 0. The maximum absolute atomic E-state index is 4.60.